The number of nitrogens with one attached hydrogen (secondary N) is 3. The number of rotatable bonds is 5. The highest BCUT2D eigenvalue weighted by Crippen LogP contribution is 2.22. The van der Waals surface area contributed by atoms with Gasteiger partial charge in [0.2, 0.25) is 5.95 Å². The summed E-state index contributed by atoms with van der Waals surface area (Å²) < 4.78 is 0. The molecule has 4 rings (SSSR count). The molecule has 2 aromatic heterocycles. The average molecular weight is 350 g/mol. The maximum Gasteiger partial charge on any atom is 0.278 e. The van der Waals surface area contributed by atoms with Crippen LogP contribution in [0.4, 0.5) is 5.95 Å². The molecule has 1 aromatic carbocycles. The third-order valence-corrected chi connectivity index (χ3v) is 4.77. The molecule has 1 aliphatic rings. The second-order valence-corrected chi connectivity index (χ2v) is 6.64. The van der Waals surface area contributed by atoms with Crippen LogP contribution in [0.25, 0.3) is 0 Å². The van der Waals surface area contributed by atoms with Crippen molar-refractivity contribution in [2.24, 2.45) is 0 Å². The number of benzene rings is 1. The summed E-state index contributed by atoms with van der Waals surface area (Å²) >= 11 is 0. The summed E-state index contributed by atoms with van der Waals surface area (Å²) in [4.78, 5) is 16.9. The molecule has 26 heavy (non-hydrogen) atoms. The largest absolute Gasteiger partial charge is 0.288 e. The van der Waals surface area contributed by atoms with Crippen LogP contribution in [0.2, 0.25) is 0 Å². The summed E-state index contributed by atoms with van der Waals surface area (Å²) in [5.41, 5.74) is 3.84. The molecule has 0 saturated carbocycles. The van der Waals surface area contributed by atoms with Crippen molar-refractivity contribution in [2.45, 2.75) is 44.9 Å². The molecule has 0 bridgehead atoms. The molecule has 0 fully saturated rings. The van der Waals surface area contributed by atoms with Gasteiger partial charge in [0, 0.05) is 17.7 Å². The molecule has 1 amide bonds. The summed E-state index contributed by atoms with van der Waals surface area (Å²) in [6.07, 6.45) is 6.89. The normalized spacial score (nSPS) is 13.8. The highest BCUT2D eigenvalue weighted by Gasteiger charge is 2.21. The van der Waals surface area contributed by atoms with E-state index in [1.165, 1.54) is 12.0 Å². The Bertz CT molecular complexity index is 883. The molecule has 2 heterocycles. The van der Waals surface area contributed by atoms with Crippen LogP contribution in [0.5, 0.6) is 0 Å². The summed E-state index contributed by atoms with van der Waals surface area (Å²) in [5, 5.41) is 17.0. The average Bonchev–Trinajstić information content (AvgIpc) is 3.21. The van der Waals surface area contributed by atoms with Gasteiger partial charge in [0.05, 0.1) is 0 Å². The minimum absolute atomic E-state index is 0.252. The maximum atomic E-state index is 12.6. The molecule has 3 N–H and O–H groups in total. The zero-order valence-electron chi connectivity index (χ0n) is 14.6. The fraction of sp³-hybridized carbons (Fsp3) is 0.368. The Labute approximate surface area is 151 Å². The third kappa shape index (κ3) is 3.66. The van der Waals surface area contributed by atoms with E-state index in [1.54, 1.807) is 0 Å². The SMILES string of the molecule is O=C(Nc1n[nH]c(CCc2ccccc2)n1)c1n[nH]c2c1CCCCC2. The molecule has 0 spiro atoms. The number of anilines is 1. The molecule has 0 atom stereocenters. The first-order chi connectivity index (χ1) is 12.8. The van der Waals surface area contributed by atoms with E-state index in [0.717, 1.165) is 55.6 Å². The van der Waals surface area contributed by atoms with Crippen LogP contribution in [0, 0.1) is 0 Å². The number of fused-ring (bicyclic) bond motifs is 1. The van der Waals surface area contributed by atoms with Crippen LogP contribution >= 0.6 is 0 Å². The van der Waals surface area contributed by atoms with Crippen LogP contribution in [-0.2, 0) is 25.7 Å². The lowest BCUT2D eigenvalue weighted by molar-refractivity contribution is 0.102. The van der Waals surface area contributed by atoms with E-state index in [-0.39, 0.29) is 5.91 Å². The topological polar surface area (TPSA) is 99.3 Å². The van der Waals surface area contributed by atoms with Crippen LogP contribution < -0.4 is 5.32 Å². The number of H-pyrrole nitrogens is 2. The van der Waals surface area contributed by atoms with Crippen LogP contribution in [0.15, 0.2) is 30.3 Å². The van der Waals surface area contributed by atoms with E-state index in [9.17, 15) is 4.79 Å². The van der Waals surface area contributed by atoms with Crippen molar-refractivity contribution >= 4 is 11.9 Å². The van der Waals surface area contributed by atoms with Gasteiger partial charge >= 0.3 is 0 Å². The van der Waals surface area contributed by atoms with Gasteiger partial charge in [0.15, 0.2) is 5.69 Å². The molecule has 0 unspecified atom stereocenters. The van der Waals surface area contributed by atoms with Gasteiger partial charge in [0.1, 0.15) is 5.82 Å². The van der Waals surface area contributed by atoms with Gasteiger partial charge in [-0.3, -0.25) is 20.3 Å². The fourth-order valence-electron chi connectivity index (χ4n) is 3.38. The van der Waals surface area contributed by atoms with Gasteiger partial charge in [-0.1, -0.05) is 36.8 Å². The standard InChI is InChI=1S/C19H22N6O/c26-18(17-14-9-5-2-6-10-15(14)22-24-17)21-19-20-16(23-25-19)12-11-13-7-3-1-4-8-13/h1,3-4,7-8H,2,5-6,9-12H2,(H,22,24)(H2,20,21,23,25,26). The molecule has 7 heteroatoms. The summed E-state index contributed by atoms with van der Waals surface area (Å²) in [5.74, 6) is 0.798. The van der Waals surface area contributed by atoms with E-state index >= 15 is 0 Å². The van der Waals surface area contributed by atoms with Crippen molar-refractivity contribution in [3.05, 3.63) is 58.7 Å². The number of aromatic nitrogens is 5. The quantitative estimate of drug-likeness (QED) is 0.616. The van der Waals surface area contributed by atoms with Gasteiger partial charge in [-0.25, -0.2) is 0 Å². The number of nitrogens with zero attached hydrogens (tertiary/aromatic N) is 3. The van der Waals surface area contributed by atoms with Gasteiger partial charge < -0.3 is 0 Å². The van der Waals surface area contributed by atoms with Crippen LogP contribution in [-0.4, -0.2) is 31.3 Å². The van der Waals surface area contributed by atoms with Crippen molar-refractivity contribution in [3.8, 4) is 0 Å². The number of carbonyl (C=O) groups excluding carboxylic acids is 1. The third-order valence-electron chi connectivity index (χ3n) is 4.77. The molecule has 7 nitrogen and oxygen atoms in total. The lowest BCUT2D eigenvalue weighted by Gasteiger charge is -2.01. The van der Waals surface area contributed by atoms with E-state index in [4.69, 9.17) is 0 Å². The lowest BCUT2D eigenvalue weighted by Crippen LogP contribution is -2.15. The zero-order valence-corrected chi connectivity index (χ0v) is 14.6. The molecule has 0 aliphatic heterocycles. The highest BCUT2D eigenvalue weighted by atomic mass is 16.2. The summed E-state index contributed by atoms with van der Waals surface area (Å²) in [7, 11) is 0. The van der Waals surface area contributed by atoms with E-state index in [0.29, 0.717) is 11.6 Å². The number of amides is 1. The number of carbonyl (C=O) groups is 1. The number of hydrogen-bond acceptors (Lipinski definition) is 4. The maximum absolute atomic E-state index is 12.6. The zero-order chi connectivity index (χ0) is 17.8. The number of aromatic amines is 2. The molecule has 3 aromatic rings. The smallest absolute Gasteiger partial charge is 0.278 e. The predicted octanol–water partition coefficient (Wildman–Crippen LogP) is 2.83. The molecular weight excluding hydrogens is 328 g/mol. The van der Waals surface area contributed by atoms with Crippen molar-refractivity contribution in [3.63, 3.8) is 0 Å². The van der Waals surface area contributed by atoms with Crippen molar-refractivity contribution in [1.29, 1.82) is 0 Å². The van der Waals surface area contributed by atoms with Crippen molar-refractivity contribution in [1.82, 2.24) is 25.4 Å². The molecule has 0 radical (unpaired) electrons. The molecule has 134 valence electrons. The first-order valence-electron chi connectivity index (χ1n) is 9.12. The Morgan fingerprint density at radius 3 is 2.73 bits per heavy atom. The second kappa shape index (κ2) is 7.51. The first-order valence-corrected chi connectivity index (χ1v) is 9.12. The van der Waals surface area contributed by atoms with Gasteiger partial charge in [-0.2, -0.15) is 10.1 Å². The number of hydrogen-bond donors (Lipinski definition) is 3. The minimum atomic E-state index is -0.252. The molecular formula is C19H22N6O. The highest BCUT2D eigenvalue weighted by molar-refractivity contribution is 6.03. The summed E-state index contributed by atoms with van der Waals surface area (Å²) in [6, 6.07) is 10.2. The van der Waals surface area contributed by atoms with Crippen molar-refractivity contribution in [2.75, 3.05) is 5.32 Å². The van der Waals surface area contributed by atoms with Gasteiger partial charge in [0.25, 0.3) is 5.91 Å². The first kappa shape index (κ1) is 16.5. The Balaban J connectivity index is 1.39. The second-order valence-electron chi connectivity index (χ2n) is 6.64. The van der Waals surface area contributed by atoms with E-state index in [1.807, 2.05) is 18.2 Å². The monoisotopic (exact) mass is 350 g/mol. The minimum Gasteiger partial charge on any atom is -0.288 e. The van der Waals surface area contributed by atoms with Crippen molar-refractivity contribution < 1.29 is 4.79 Å². The molecule has 1 aliphatic carbocycles. The van der Waals surface area contributed by atoms with E-state index in [2.05, 4.69) is 42.8 Å². The van der Waals surface area contributed by atoms with Crippen LogP contribution in [0.3, 0.4) is 0 Å². The van der Waals surface area contributed by atoms with Crippen LogP contribution in [0.1, 0.15) is 52.4 Å². The Morgan fingerprint density at radius 2 is 1.85 bits per heavy atom. The Hall–Kier alpha value is -2.96. The fourth-order valence-corrected chi connectivity index (χ4v) is 3.38. The van der Waals surface area contributed by atoms with Gasteiger partial charge in [-0.15, -0.1) is 5.10 Å². The number of aryl methyl sites for hydroxylation is 3. The Kier molecular flexibility index (Phi) is 4.77. The van der Waals surface area contributed by atoms with Gasteiger partial charge in [-0.05, 0) is 37.7 Å². The predicted molar refractivity (Wildman–Crippen MR) is 98.0 cm³/mol. The lowest BCUT2D eigenvalue weighted by atomic mass is 10.1. The van der Waals surface area contributed by atoms with E-state index < -0.39 is 0 Å². The molecule has 0 saturated heterocycles. The Morgan fingerprint density at radius 1 is 1.00 bits per heavy atom. The summed E-state index contributed by atoms with van der Waals surface area (Å²) in [6.45, 7) is 0.